The first-order valence-electron chi connectivity index (χ1n) is 10.3. The highest BCUT2D eigenvalue weighted by molar-refractivity contribution is 7.99. The number of carbonyl (C=O) groups is 2. The van der Waals surface area contributed by atoms with Crippen molar-refractivity contribution >= 4 is 29.3 Å². The van der Waals surface area contributed by atoms with E-state index in [2.05, 4.69) is 15.6 Å². The molecule has 0 radical (unpaired) electrons. The fourth-order valence-corrected chi connectivity index (χ4v) is 3.95. The second kappa shape index (κ2) is 10.6. The Labute approximate surface area is 195 Å². The van der Waals surface area contributed by atoms with Crippen molar-refractivity contribution in [2.75, 3.05) is 18.4 Å². The van der Waals surface area contributed by atoms with Crippen LogP contribution in [0.4, 0.5) is 5.69 Å². The number of rotatable bonds is 8. The quantitative estimate of drug-likeness (QED) is 0.360. The number of amides is 2. The van der Waals surface area contributed by atoms with Gasteiger partial charge in [-0.3, -0.25) is 9.59 Å². The van der Waals surface area contributed by atoms with Gasteiger partial charge in [-0.25, -0.2) is 4.98 Å². The SMILES string of the molecule is NCCNC(=O)c1ccc(-c2ccc(NC(=O)c3cccnc3Sc3ccccc3)cc2)o1. The minimum Gasteiger partial charge on any atom is -0.451 e. The predicted molar refractivity (Wildman–Crippen MR) is 128 cm³/mol. The van der Waals surface area contributed by atoms with Gasteiger partial charge in [0, 0.05) is 35.4 Å². The van der Waals surface area contributed by atoms with Crippen molar-refractivity contribution in [2.24, 2.45) is 5.73 Å². The zero-order valence-corrected chi connectivity index (χ0v) is 18.5. The van der Waals surface area contributed by atoms with Crippen LogP contribution < -0.4 is 16.4 Å². The zero-order chi connectivity index (χ0) is 23.0. The number of anilines is 1. The summed E-state index contributed by atoms with van der Waals surface area (Å²) in [7, 11) is 0. The average molecular weight is 459 g/mol. The third kappa shape index (κ3) is 5.68. The molecule has 0 aliphatic rings. The summed E-state index contributed by atoms with van der Waals surface area (Å²) in [6.07, 6.45) is 1.67. The van der Waals surface area contributed by atoms with Gasteiger partial charge in [0.2, 0.25) is 0 Å². The normalized spacial score (nSPS) is 10.6. The number of pyridine rings is 1. The lowest BCUT2D eigenvalue weighted by Crippen LogP contribution is -2.28. The lowest BCUT2D eigenvalue weighted by Gasteiger charge is -2.09. The Balaban J connectivity index is 1.44. The summed E-state index contributed by atoms with van der Waals surface area (Å²) in [6, 6.07) is 23.8. The summed E-state index contributed by atoms with van der Waals surface area (Å²) in [5.41, 5.74) is 7.31. The number of hydrogen-bond donors (Lipinski definition) is 3. The molecule has 0 unspecified atom stereocenters. The first kappa shape index (κ1) is 22.3. The number of furan rings is 1. The van der Waals surface area contributed by atoms with Crippen LogP contribution in [-0.4, -0.2) is 29.9 Å². The molecule has 0 saturated carbocycles. The molecule has 4 N–H and O–H groups in total. The van der Waals surface area contributed by atoms with Crippen LogP contribution in [0.5, 0.6) is 0 Å². The van der Waals surface area contributed by atoms with Crippen LogP contribution in [0.2, 0.25) is 0 Å². The summed E-state index contributed by atoms with van der Waals surface area (Å²) in [5, 5.41) is 6.21. The van der Waals surface area contributed by atoms with Gasteiger partial charge in [-0.2, -0.15) is 0 Å². The molecule has 2 amide bonds. The molecule has 0 aliphatic carbocycles. The number of nitrogens with zero attached hydrogens (tertiary/aromatic N) is 1. The lowest BCUT2D eigenvalue weighted by molar-refractivity contribution is 0.0927. The third-order valence-electron chi connectivity index (χ3n) is 4.66. The molecule has 8 heteroatoms. The van der Waals surface area contributed by atoms with E-state index in [1.54, 1.807) is 42.6 Å². The van der Waals surface area contributed by atoms with E-state index >= 15 is 0 Å². The van der Waals surface area contributed by atoms with Crippen molar-refractivity contribution in [3.8, 4) is 11.3 Å². The average Bonchev–Trinajstić information content (AvgIpc) is 3.34. The molecule has 166 valence electrons. The minimum absolute atomic E-state index is 0.218. The maximum atomic E-state index is 12.9. The summed E-state index contributed by atoms with van der Waals surface area (Å²) in [5.74, 6) is 0.220. The van der Waals surface area contributed by atoms with E-state index < -0.39 is 0 Å². The molecular formula is C25H22N4O3S. The van der Waals surface area contributed by atoms with Crippen molar-refractivity contribution < 1.29 is 14.0 Å². The topological polar surface area (TPSA) is 110 Å². The molecule has 0 fully saturated rings. The van der Waals surface area contributed by atoms with Gasteiger partial charge in [0.15, 0.2) is 5.76 Å². The standard InChI is InChI=1S/C25H22N4O3S/c26-14-16-27-24(31)22-13-12-21(32-22)17-8-10-18(11-9-17)29-23(30)20-7-4-15-28-25(20)33-19-5-2-1-3-6-19/h1-13,15H,14,16,26H2,(H,27,31)(H,29,30). The molecule has 4 aromatic rings. The Morgan fingerprint density at radius 1 is 0.909 bits per heavy atom. The second-order valence-corrected chi connectivity index (χ2v) is 8.07. The van der Waals surface area contributed by atoms with Gasteiger partial charge in [-0.15, -0.1) is 0 Å². The number of carbonyl (C=O) groups excluding carboxylic acids is 2. The van der Waals surface area contributed by atoms with Gasteiger partial charge < -0.3 is 20.8 Å². The van der Waals surface area contributed by atoms with Crippen LogP contribution >= 0.6 is 11.8 Å². The van der Waals surface area contributed by atoms with Crippen molar-refractivity contribution in [3.63, 3.8) is 0 Å². The lowest BCUT2D eigenvalue weighted by atomic mass is 10.1. The fourth-order valence-electron chi connectivity index (χ4n) is 3.05. The van der Waals surface area contributed by atoms with E-state index in [0.717, 1.165) is 10.5 Å². The first-order valence-corrected chi connectivity index (χ1v) is 11.1. The Hall–Kier alpha value is -3.88. The highest BCUT2D eigenvalue weighted by atomic mass is 32.2. The van der Waals surface area contributed by atoms with Gasteiger partial charge >= 0.3 is 0 Å². The highest BCUT2D eigenvalue weighted by Gasteiger charge is 2.15. The number of hydrogen-bond acceptors (Lipinski definition) is 6. The Morgan fingerprint density at radius 3 is 2.45 bits per heavy atom. The van der Waals surface area contributed by atoms with Crippen molar-refractivity contribution in [2.45, 2.75) is 9.92 Å². The number of nitrogens with one attached hydrogen (secondary N) is 2. The highest BCUT2D eigenvalue weighted by Crippen LogP contribution is 2.29. The summed E-state index contributed by atoms with van der Waals surface area (Å²) in [4.78, 5) is 30.3. The summed E-state index contributed by atoms with van der Waals surface area (Å²) < 4.78 is 5.64. The zero-order valence-electron chi connectivity index (χ0n) is 17.7. The number of nitrogens with two attached hydrogens (primary N) is 1. The molecule has 0 bridgehead atoms. The van der Waals surface area contributed by atoms with Crippen molar-refractivity contribution in [1.82, 2.24) is 10.3 Å². The van der Waals surface area contributed by atoms with E-state index in [4.69, 9.17) is 10.2 Å². The maximum Gasteiger partial charge on any atom is 0.287 e. The fraction of sp³-hybridized carbons (Fsp3) is 0.0800. The third-order valence-corrected chi connectivity index (χ3v) is 5.69. The van der Waals surface area contributed by atoms with Crippen LogP contribution in [0.1, 0.15) is 20.9 Å². The Bertz CT molecular complexity index is 1240. The van der Waals surface area contributed by atoms with Crippen LogP contribution in [0.25, 0.3) is 11.3 Å². The minimum atomic E-state index is -0.309. The Morgan fingerprint density at radius 2 is 1.70 bits per heavy atom. The maximum absolute atomic E-state index is 12.9. The van der Waals surface area contributed by atoms with Gasteiger partial charge in [-0.05, 0) is 60.7 Å². The molecule has 7 nitrogen and oxygen atoms in total. The van der Waals surface area contributed by atoms with Crippen LogP contribution in [0.15, 0.2) is 99.4 Å². The smallest absolute Gasteiger partial charge is 0.287 e. The van der Waals surface area contributed by atoms with E-state index in [9.17, 15) is 9.59 Å². The molecular weight excluding hydrogens is 436 g/mol. The predicted octanol–water partition coefficient (Wildman–Crippen LogP) is 4.43. The monoisotopic (exact) mass is 458 g/mol. The van der Waals surface area contributed by atoms with E-state index in [0.29, 0.717) is 35.1 Å². The molecule has 4 rings (SSSR count). The van der Waals surface area contributed by atoms with Gasteiger partial charge in [0.05, 0.1) is 5.56 Å². The molecule has 2 aromatic carbocycles. The molecule has 0 atom stereocenters. The van der Waals surface area contributed by atoms with E-state index in [1.807, 2.05) is 42.5 Å². The molecule has 2 aromatic heterocycles. The van der Waals surface area contributed by atoms with Crippen LogP contribution in [-0.2, 0) is 0 Å². The molecule has 0 spiro atoms. The molecule has 0 aliphatic heterocycles. The Kier molecular flexibility index (Phi) is 7.19. The number of aromatic nitrogens is 1. The van der Waals surface area contributed by atoms with Crippen molar-refractivity contribution in [3.05, 3.63) is 96.4 Å². The van der Waals surface area contributed by atoms with Gasteiger partial charge in [0.25, 0.3) is 11.8 Å². The van der Waals surface area contributed by atoms with Gasteiger partial charge in [-0.1, -0.05) is 30.0 Å². The first-order chi connectivity index (χ1) is 16.1. The second-order valence-electron chi connectivity index (χ2n) is 7.01. The molecule has 33 heavy (non-hydrogen) atoms. The van der Waals surface area contributed by atoms with E-state index in [1.165, 1.54) is 11.8 Å². The van der Waals surface area contributed by atoms with Gasteiger partial charge in [0.1, 0.15) is 10.8 Å². The molecule has 0 saturated heterocycles. The number of benzene rings is 2. The largest absolute Gasteiger partial charge is 0.451 e. The van der Waals surface area contributed by atoms with E-state index in [-0.39, 0.29) is 17.6 Å². The van der Waals surface area contributed by atoms with Crippen LogP contribution in [0.3, 0.4) is 0 Å². The summed E-state index contributed by atoms with van der Waals surface area (Å²) in [6.45, 7) is 0.740. The molecule has 2 heterocycles. The van der Waals surface area contributed by atoms with Crippen LogP contribution in [0, 0.1) is 0 Å². The van der Waals surface area contributed by atoms with Crippen molar-refractivity contribution in [1.29, 1.82) is 0 Å². The summed E-state index contributed by atoms with van der Waals surface area (Å²) >= 11 is 1.44.